The van der Waals surface area contributed by atoms with E-state index >= 15 is 0 Å². The molecule has 0 bridgehead atoms. The van der Waals surface area contributed by atoms with Gasteiger partial charge in [0, 0.05) is 17.6 Å². The fourth-order valence-corrected chi connectivity index (χ4v) is 1.92. The van der Waals surface area contributed by atoms with Gasteiger partial charge in [-0.1, -0.05) is 13.0 Å². The van der Waals surface area contributed by atoms with E-state index in [9.17, 15) is 4.79 Å². The molecule has 1 aliphatic heterocycles. The molecule has 1 saturated heterocycles. The SMILES string of the molecule is COC(=O)c1ccc(C)c(NCC2(C)COC2)c1. The van der Waals surface area contributed by atoms with Gasteiger partial charge >= 0.3 is 5.97 Å². The zero-order valence-corrected chi connectivity index (χ0v) is 11.1. The maximum absolute atomic E-state index is 11.5. The van der Waals surface area contributed by atoms with E-state index in [-0.39, 0.29) is 11.4 Å². The fraction of sp³-hybridized carbons (Fsp3) is 0.500. The van der Waals surface area contributed by atoms with Gasteiger partial charge in [-0.3, -0.25) is 0 Å². The Labute approximate surface area is 107 Å². The molecule has 0 radical (unpaired) electrons. The highest BCUT2D eigenvalue weighted by Gasteiger charge is 2.33. The first-order valence-corrected chi connectivity index (χ1v) is 6.05. The van der Waals surface area contributed by atoms with Crippen molar-refractivity contribution in [1.29, 1.82) is 0 Å². The highest BCUT2D eigenvalue weighted by Crippen LogP contribution is 2.27. The van der Waals surface area contributed by atoms with Crippen molar-refractivity contribution < 1.29 is 14.3 Å². The van der Waals surface area contributed by atoms with Crippen molar-refractivity contribution in [2.45, 2.75) is 13.8 Å². The summed E-state index contributed by atoms with van der Waals surface area (Å²) >= 11 is 0. The van der Waals surface area contributed by atoms with Gasteiger partial charge in [0.05, 0.1) is 25.9 Å². The fourth-order valence-electron chi connectivity index (χ4n) is 1.92. The van der Waals surface area contributed by atoms with Gasteiger partial charge in [-0.2, -0.15) is 0 Å². The summed E-state index contributed by atoms with van der Waals surface area (Å²) in [6.45, 7) is 6.62. The number of rotatable bonds is 4. The molecule has 4 nitrogen and oxygen atoms in total. The van der Waals surface area contributed by atoms with Gasteiger partial charge in [0.1, 0.15) is 0 Å². The number of hydrogen-bond donors (Lipinski definition) is 1. The lowest BCUT2D eigenvalue weighted by molar-refractivity contribution is -0.0924. The minimum absolute atomic E-state index is 0.202. The quantitative estimate of drug-likeness (QED) is 0.831. The van der Waals surface area contributed by atoms with E-state index in [0.717, 1.165) is 31.0 Å². The molecular weight excluding hydrogens is 230 g/mol. The first kappa shape index (κ1) is 12.9. The topological polar surface area (TPSA) is 47.6 Å². The molecule has 1 heterocycles. The first-order valence-electron chi connectivity index (χ1n) is 6.05. The van der Waals surface area contributed by atoms with Gasteiger partial charge in [0.15, 0.2) is 0 Å². The smallest absolute Gasteiger partial charge is 0.337 e. The lowest BCUT2D eigenvalue weighted by Gasteiger charge is -2.38. The van der Waals surface area contributed by atoms with Crippen LogP contribution >= 0.6 is 0 Å². The minimum atomic E-state index is -0.309. The van der Waals surface area contributed by atoms with Gasteiger partial charge in [-0.15, -0.1) is 0 Å². The van der Waals surface area contributed by atoms with E-state index in [1.54, 1.807) is 6.07 Å². The number of hydrogen-bond acceptors (Lipinski definition) is 4. The van der Waals surface area contributed by atoms with Gasteiger partial charge in [-0.25, -0.2) is 4.79 Å². The third-order valence-corrected chi connectivity index (χ3v) is 3.27. The summed E-state index contributed by atoms with van der Waals surface area (Å²) in [4.78, 5) is 11.5. The third kappa shape index (κ3) is 2.64. The Morgan fingerprint density at radius 1 is 1.50 bits per heavy atom. The van der Waals surface area contributed by atoms with E-state index in [2.05, 4.69) is 12.2 Å². The van der Waals surface area contributed by atoms with E-state index < -0.39 is 0 Å². The van der Waals surface area contributed by atoms with Gasteiger partial charge < -0.3 is 14.8 Å². The van der Waals surface area contributed by atoms with Gasteiger partial charge in [0.2, 0.25) is 0 Å². The molecule has 1 aliphatic rings. The van der Waals surface area contributed by atoms with Crippen LogP contribution in [-0.2, 0) is 9.47 Å². The molecule has 0 spiro atoms. The number of aryl methyl sites for hydroxylation is 1. The normalized spacial score (nSPS) is 16.8. The monoisotopic (exact) mass is 249 g/mol. The molecule has 0 unspecified atom stereocenters. The molecule has 1 aromatic rings. The van der Waals surface area contributed by atoms with Crippen molar-refractivity contribution >= 4 is 11.7 Å². The van der Waals surface area contributed by atoms with Crippen LogP contribution in [0.4, 0.5) is 5.69 Å². The molecule has 0 saturated carbocycles. The van der Waals surface area contributed by atoms with Crippen molar-refractivity contribution in [3.8, 4) is 0 Å². The molecule has 2 rings (SSSR count). The summed E-state index contributed by atoms with van der Waals surface area (Å²) in [5.74, 6) is -0.309. The van der Waals surface area contributed by atoms with Crippen molar-refractivity contribution in [3.63, 3.8) is 0 Å². The van der Waals surface area contributed by atoms with Crippen LogP contribution in [0.15, 0.2) is 18.2 Å². The molecule has 4 heteroatoms. The maximum atomic E-state index is 11.5. The van der Waals surface area contributed by atoms with Crippen LogP contribution in [0.25, 0.3) is 0 Å². The van der Waals surface area contributed by atoms with Crippen molar-refractivity contribution in [2.24, 2.45) is 5.41 Å². The number of nitrogens with one attached hydrogen (secondary N) is 1. The Morgan fingerprint density at radius 2 is 2.22 bits per heavy atom. The van der Waals surface area contributed by atoms with E-state index in [4.69, 9.17) is 9.47 Å². The number of ether oxygens (including phenoxy) is 2. The number of carbonyl (C=O) groups is 1. The molecule has 1 fully saturated rings. The number of anilines is 1. The lowest BCUT2D eigenvalue weighted by atomic mass is 9.88. The van der Waals surface area contributed by atoms with E-state index in [1.165, 1.54) is 7.11 Å². The molecular formula is C14H19NO3. The third-order valence-electron chi connectivity index (χ3n) is 3.27. The average Bonchev–Trinajstić information content (AvgIpc) is 2.34. The second kappa shape index (κ2) is 4.98. The van der Waals surface area contributed by atoms with Crippen LogP contribution in [-0.4, -0.2) is 32.8 Å². The Morgan fingerprint density at radius 3 is 2.78 bits per heavy atom. The number of carbonyl (C=O) groups excluding carboxylic acids is 1. The molecule has 0 aliphatic carbocycles. The second-order valence-corrected chi connectivity index (χ2v) is 5.18. The second-order valence-electron chi connectivity index (χ2n) is 5.18. The van der Waals surface area contributed by atoms with Gasteiger partial charge in [-0.05, 0) is 24.6 Å². The number of esters is 1. The highest BCUT2D eigenvalue weighted by molar-refractivity contribution is 5.90. The summed E-state index contributed by atoms with van der Waals surface area (Å²) < 4.78 is 9.94. The van der Waals surface area contributed by atoms with Crippen LogP contribution in [0, 0.1) is 12.3 Å². The van der Waals surface area contributed by atoms with Crippen LogP contribution in [0.3, 0.4) is 0 Å². The zero-order chi connectivity index (χ0) is 13.2. The molecule has 0 atom stereocenters. The maximum Gasteiger partial charge on any atom is 0.337 e. The minimum Gasteiger partial charge on any atom is -0.465 e. The molecule has 1 N–H and O–H groups in total. The molecule has 98 valence electrons. The van der Waals surface area contributed by atoms with Crippen LogP contribution in [0.1, 0.15) is 22.8 Å². The van der Waals surface area contributed by atoms with Crippen LogP contribution in [0.5, 0.6) is 0 Å². The van der Waals surface area contributed by atoms with Crippen molar-refractivity contribution in [1.82, 2.24) is 0 Å². The van der Waals surface area contributed by atoms with Crippen LogP contribution < -0.4 is 5.32 Å². The van der Waals surface area contributed by atoms with Crippen molar-refractivity contribution in [2.75, 3.05) is 32.2 Å². The summed E-state index contributed by atoms with van der Waals surface area (Å²) in [6.07, 6.45) is 0. The zero-order valence-electron chi connectivity index (χ0n) is 11.1. The predicted molar refractivity (Wildman–Crippen MR) is 69.9 cm³/mol. The Hall–Kier alpha value is -1.55. The first-order chi connectivity index (χ1) is 8.54. The molecule has 1 aromatic carbocycles. The Bertz CT molecular complexity index is 452. The Kier molecular flexibility index (Phi) is 3.57. The largest absolute Gasteiger partial charge is 0.465 e. The average molecular weight is 249 g/mol. The molecule has 0 aromatic heterocycles. The Balaban J connectivity index is 2.08. The molecule has 18 heavy (non-hydrogen) atoms. The predicted octanol–water partition coefficient (Wildman–Crippen LogP) is 2.23. The lowest BCUT2D eigenvalue weighted by Crippen LogP contribution is -2.45. The summed E-state index contributed by atoms with van der Waals surface area (Å²) in [5, 5.41) is 3.39. The van der Waals surface area contributed by atoms with E-state index in [1.807, 2.05) is 19.1 Å². The van der Waals surface area contributed by atoms with Crippen molar-refractivity contribution in [3.05, 3.63) is 29.3 Å². The summed E-state index contributed by atoms with van der Waals surface area (Å²) in [7, 11) is 1.39. The number of benzene rings is 1. The highest BCUT2D eigenvalue weighted by atomic mass is 16.5. The number of methoxy groups -OCH3 is 1. The summed E-state index contributed by atoms with van der Waals surface area (Å²) in [5.41, 5.74) is 2.87. The van der Waals surface area contributed by atoms with E-state index in [0.29, 0.717) is 5.56 Å². The van der Waals surface area contributed by atoms with Gasteiger partial charge in [0.25, 0.3) is 0 Å². The standard InChI is InChI=1S/C14H19NO3/c1-10-4-5-11(13(16)17-3)6-12(10)15-7-14(2)8-18-9-14/h4-6,15H,7-9H2,1-3H3. The summed E-state index contributed by atoms with van der Waals surface area (Å²) in [6, 6.07) is 5.54. The van der Waals surface area contributed by atoms with Crippen LogP contribution in [0.2, 0.25) is 0 Å². The molecule has 0 amide bonds.